The molecule has 146 valence electrons. The second-order valence-electron chi connectivity index (χ2n) is 7.63. The maximum Gasteiger partial charge on any atom is 0.253 e. The van der Waals surface area contributed by atoms with Crippen molar-refractivity contribution in [2.24, 2.45) is 0 Å². The molecule has 0 spiro atoms. The maximum absolute atomic E-state index is 13.1. The number of rotatable bonds is 5. The molecule has 1 amide bonds. The van der Waals surface area contributed by atoms with Crippen molar-refractivity contribution in [2.75, 3.05) is 33.7 Å². The summed E-state index contributed by atoms with van der Waals surface area (Å²) in [6, 6.07) is 5.55. The predicted octanol–water partition coefficient (Wildman–Crippen LogP) is 2.41. The highest BCUT2D eigenvalue weighted by molar-refractivity contribution is 5.97. The van der Waals surface area contributed by atoms with E-state index in [1.165, 1.54) is 0 Å². The fourth-order valence-corrected chi connectivity index (χ4v) is 3.83. The van der Waals surface area contributed by atoms with Crippen LogP contribution >= 0.6 is 0 Å². The highest BCUT2D eigenvalue weighted by Gasteiger charge is 2.28. The van der Waals surface area contributed by atoms with Gasteiger partial charge in [-0.05, 0) is 45.1 Å². The number of fused-ring (bicyclic) bond motifs is 1. The number of aromatic nitrogens is 4. The van der Waals surface area contributed by atoms with Crippen LogP contribution in [0, 0.1) is 0 Å². The molecule has 7 nitrogen and oxygen atoms in total. The Hall–Kier alpha value is -2.80. The number of hydrogen-bond acceptors (Lipinski definition) is 5. The topological polar surface area (TPSA) is 67.2 Å². The van der Waals surface area contributed by atoms with Gasteiger partial charge in [-0.2, -0.15) is 0 Å². The van der Waals surface area contributed by atoms with E-state index in [-0.39, 0.29) is 11.8 Å². The molecule has 0 aliphatic carbocycles. The minimum absolute atomic E-state index is 0.0589. The summed E-state index contributed by atoms with van der Waals surface area (Å²) in [4.78, 5) is 30.4. The third-order valence-electron chi connectivity index (χ3n) is 5.33. The largest absolute Gasteiger partial charge is 0.338 e. The number of piperidine rings is 1. The predicted molar refractivity (Wildman–Crippen MR) is 108 cm³/mol. The Morgan fingerprint density at radius 1 is 1.14 bits per heavy atom. The summed E-state index contributed by atoms with van der Waals surface area (Å²) in [5.74, 6) is 1.42. The van der Waals surface area contributed by atoms with Crippen LogP contribution in [0.4, 0.5) is 0 Å². The van der Waals surface area contributed by atoms with Crippen LogP contribution in [0.1, 0.15) is 34.9 Å². The maximum atomic E-state index is 13.1. The molecule has 0 unspecified atom stereocenters. The summed E-state index contributed by atoms with van der Waals surface area (Å²) in [5, 5.41) is 0. The van der Waals surface area contributed by atoms with Crippen molar-refractivity contribution >= 4 is 16.9 Å². The first kappa shape index (κ1) is 18.6. The zero-order valence-electron chi connectivity index (χ0n) is 16.5. The van der Waals surface area contributed by atoms with Crippen LogP contribution in [0.5, 0.6) is 0 Å². The molecule has 2 aromatic heterocycles. The molecule has 3 aromatic rings. The Balaban J connectivity index is 1.50. The standard InChI is InChI=1S/C21H26N6O/c1-25(2)12-13-26-11-9-24-20(26)17-4-3-10-27(15-17)21(28)16-5-6-18-19(14-16)23-8-7-22-18/h5-9,11,14,17H,3-4,10,12-13,15H2,1-2H3/t17-/m0/s1. The van der Waals surface area contributed by atoms with Gasteiger partial charge in [-0.25, -0.2) is 4.98 Å². The Labute approximate surface area is 165 Å². The third-order valence-corrected chi connectivity index (χ3v) is 5.33. The monoisotopic (exact) mass is 378 g/mol. The quantitative estimate of drug-likeness (QED) is 0.682. The van der Waals surface area contributed by atoms with Gasteiger partial charge in [0.25, 0.3) is 5.91 Å². The van der Waals surface area contributed by atoms with Crippen molar-refractivity contribution in [3.05, 3.63) is 54.4 Å². The number of likely N-dealkylation sites (tertiary alicyclic amines) is 1. The molecule has 1 aromatic carbocycles. The van der Waals surface area contributed by atoms with Crippen LogP contribution in [0.15, 0.2) is 43.0 Å². The molecule has 1 atom stereocenters. The van der Waals surface area contributed by atoms with Gasteiger partial charge >= 0.3 is 0 Å². The normalized spacial score (nSPS) is 17.4. The van der Waals surface area contributed by atoms with Crippen molar-refractivity contribution in [3.8, 4) is 0 Å². The number of likely N-dealkylation sites (N-methyl/N-ethyl adjacent to an activating group) is 1. The van der Waals surface area contributed by atoms with Crippen LogP contribution in [-0.2, 0) is 6.54 Å². The van der Waals surface area contributed by atoms with Crippen LogP contribution in [-0.4, -0.2) is 69.0 Å². The lowest BCUT2D eigenvalue weighted by atomic mass is 9.96. The Morgan fingerprint density at radius 3 is 2.79 bits per heavy atom. The Kier molecular flexibility index (Phi) is 5.34. The van der Waals surface area contributed by atoms with E-state index in [2.05, 4.69) is 38.5 Å². The smallest absolute Gasteiger partial charge is 0.253 e. The van der Waals surface area contributed by atoms with E-state index in [9.17, 15) is 4.79 Å². The fraction of sp³-hybridized carbons (Fsp3) is 0.429. The molecular weight excluding hydrogens is 352 g/mol. The van der Waals surface area contributed by atoms with Crippen molar-refractivity contribution < 1.29 is 4.79 Å². The highest BCUT2D eigenvalue weighted by Crippen LogP contribution is 2.27. The molecule has 7 heteroatoms. The summed E-state index contributed by atoms with van der Waals surface area (Å²) < 4.78 is 2.23. The highest BCUT2D eigenvalue weighted by atomic mass is 16.2. The number of imidazole rings is 1. The average molecular weight is 378 g/mol. The van der Waals surface area contributed by atoms with Gasteiger partial charge in [0.2, 0.25) is 0 Å². The summed E-state index contributed by atoms with van der Waals surface area (Å²) in [5.41, 5.74) is 2.23. The second-order valence-corrected chi connectivity index (χ2v) is 7.63. The van der Waals surface area contributed by atoms with Crippen LogP contribution in [0.2, 0.25) is 0 Å². The number of benzene rings is 1. The van der Waals surface area contributed by atoms with Crippen molar-refractivity contribution in [3.63, 3.8) is 0 Å². The van der Waals surface area contributed by atoms with E-state index >= 15 is 0 Å². The summed E-state index contributed by atoms with van der Waals surface area (Å²) in [7, 11) is 4.15. The molecule has 0 radical (unpaired) electrons. The first-order valence-corrected chi connectivity index (χ1v) is 9.77. The van der Waals surface area contributed by atoms with Gasteiger partial charge in [-0.3, -0.25) is 14.8 Å². The molecule has 1 fully saturated rings. The zero-order chi connectivity index (χ0) is 19.5. The first-order valence-electron chi connectivity index (χ1n) is 9.77. The van der Waals surface area contributed by atoms with Gasteiger partial charge in [0.05, 0.1) is 11.0 Å². The number of hydrogen-bond donors (Lipinski definition) is 0. The molecule has 0 N–H and O–H groups in total. The first-order chi connectivity index (χ1) is 13.6. The van der Waals surface area contributed by atoms with Gasteiger partial charge in [-0.15, -0.1) is 0 Å². The van der Waals surface area contributed by atoms with Crippen LogP contribution < -0.4 is 0 Å². The van der Waals surface area contributed by atoms with Crippen molar-refractivity contribution in [1.29, 1.82) is 0 Å². The van der Waals surface area contributed by atoms with E-state index in [0.717, 1.165) is 49.3 Å². The molecule has 1 saturated heterocycles. The van der Waals surface area contributed by atoms with Gasteiger partial charge in [0, 0.05) is 62.4 Å². The van der Waals surface area contributed by atoms with Crippen LogP contribution in [0.25, 0.3) is 11.0 Å². The molecule has 4 rings (SSSR count). The third kappa shape index (κ3) is 3.89. The SMILES string of the molecule is CN(C)CCn1ccnc1[C@H]1CCCN(C(=O)c2ccc3nccnc3c2)C1. The molecular formula is C21H26N6O. The number of amides is 1. The molecule has 1 aliphatic heterocycles. The lowest BCUT2D eigenvalue weighted by Crippen LogP contribution is -2.40. The summed E-state index contributed by atoms with van der Waals surface area (Å²) in [6.45, 7) is 3.37. The molecule has 0 saturated carbocycles. The zero-order valence-corrected chi connectivity index (χ0v) is 16.5. The molecule has 28 heavy (non-hydrogen) atoms. The van der Waals surface area contributed by atoms with Crippen LogP contribution in [0.3, 0.4) is 0 Å². The number of carbonyl (C=O) groups is 1. The van der Waals surface area contributed by atoms with E-state index in [0.29, 0.717) is 12.1 Å². The van der Waals surface area contributed by atoms with E-state index < -0.39 is 0 Å². The lowest BCUT2D eigenvalue weighted by molar-refractivity contribution is 0.0703. The van der Waals surface area contributed by atoms with Gasteiger partial charge in [-0.1, -0.05) is 0 Å². The minimum atomic E-state index is 0.0589. The Morgan fingerprint density at radius 2 is 1.96 bits per heavy atom. The summed E-state index contributed by atoms with van der Waals surface area (Å²) in [6.07, 6.45) is 9.28. The second kappa shape index (κ2) is 8.06. The minimum Gasteiger partial charge on any atom is -0.338 e. The molecule has 3 heterocycles. The van der Waals surface area contributed by atoms with Gasteiger partial charge in [0.1, 0.15) is 5.82 Å². The van der Waals surface area contributed by atoms with E-state index in [1.807, 2.05) is 35.5 Å². The molecule has 0 bridgehead atoms. The Bertz CT molecular complexity index is 966. The lowest BCUT2D eigenvalue weighted by Gasteiger charge is -2.33. The van der Waals surface area contributed by atoms with Gasteiger partial charge < -0.3 is 14.4 Å². The van der Waals surface area contributed by atoms with Crippen molar-refractivity contribution in [1.82, 2.24) is 29.3 Å². The van der Waals surface area contributed by atoms with E-state index in [1.54, 1.807) is 12.4 Å². The fourth-order valence-electron chi connectivity index (χ4n) is 3.83. The van der Waals surface area contributed by atoms with Crippen molar-refractivity contribution in [2.45, 2.75) is 25.3 Å². The summed E-state index contributed by atoms with van der Waals surface area (Å²) >= 11 is 0. The number of nitrogens with zero attached hydrogens (tertiary/aromatic N) is 6. The molecule has 1 aliphatic rings. The number of carbonyl (C=O) groups excluding carboxylic acids is 1. The van der Waals surface area contributed by atoms with E-state index in [4.69, 9.17) is 0 Å². The van der Waals surface area contributed by atoms with Gasteiger partial charge in [0.15, 0.2) is 0 Å². The average Bonchev–Trinajstić information content (AvgIpc) is 3.20.